The number of hydrogen-bond donors (Lipinski definition) is 1. The number of ketones is 1. The van der Waals surface area contributed by atoms with E-state index >= 15 is 0 Å². The van der Waals surface area contributed by atoms with Crippen LogP contribution in [0.5, 0.6) is 0 Å². The second-order valence-electron chi connectivity index (χ2n) is 6.58. The Hall–Kier alpha value is -2.15. The number of carbonyl (C=O) groups is 3. The van der Waals surface area contributed by atoms with Crippen LogP contribution in [0.2, 0.25) is 0 Å². The van der Waals surface area contributed by atoms with Crippen LogP contribution in [0.1, 0.15) is 52.9 Å². The van der Waals surface area contributed by atoms with E-state index in [1.807, 2.05) is 20.8 Å². The lowest BCUT2D eigenvalue weighted by molar-refractivity contribution is -0.145. The van der Waals surface area contributed by atoms with Gasteiger partial charge in [-0.15, -0.1) is 0 Å². The molecule has 0 spiro atoms. The largest absolute Gasteiger partial charge is 0.468 e. The molecule has 0 saturated heterocycles. The van der Waals surface area contributed by atoms with Crippen LogP contribution < -0.4 is 0 Å². The second kappa shape index (κ2) is 7.82. The van der Waals surface area contributed by atoms with Gasteiger partial charge in [-0.2, -0.15) is 0 Å². The van der Waals surface area contributed by atoms with E-state index in [1.54, 1.807) is 6.92 Å². The van der Waals surface area contributed by atoms with Crippen LogP contribution in [-0.4, -0.2) is 49.1 Å². The van der Waals surface area contributed by atoms with Crippen molar-refractivity contribution in [2.45, 2.75) is 40.2 Å². The van der Waals surface area contributed by atoms with Crippen LogP contribution >= 0.6 is 0 Å². The predicted molar refractivity (Wildman–Crippen MR) is 89.6 cm³/mol. The summed E-state index contributed by atoms with van der Waals surface area (Å²) in [5.41, 5.74) is 1.83. The highest BCUT2D eigenvalue weighted by atomic mass is 16.6. The Morgan fingerprint density at radius 3 is 2.56 bits per heavy atom. The molecule has 138 valence electrons. The van der Waals surface area contributed by atoms with E-state index in [0.717, 1.165) is 0 Å². The Bertz CT molecular complexity index is 675. The Balaban J connectivity index is 2.18. The number of rotatable bonds is 6. The van der Waals surface area contributed by atoms with Gasteiger partial charge < -0.3 is 19.2 Å². The first-order chi connectivity index (χ1) is 11.8. The smallest absolute Gasteiger partial charge is 0.355 e. The first kappa shape index (κ1) is 19.2. The summed E-state index contributed by atoms with van der Waals surface area (Å²) in [6.45, 7) is 7.74. The van der Waals surface area contributed by atoms with Crippen molar-refractivity contribution in [3.63, 3.8) is 0 Å². The summed E-state index contributed by atoms with van der Waals surface area (Å²) in [6.07, 6.45) is 0.554. The van der Waals surface area contributed by atoms with E-state index in [0.29, 0.717) is 29.8 Å². The van der Waals surface area contributed by atoms with Crippen molar-refractivity contribution >= 4 is 17.7 Å². The van der Waals surface area contributed by atoms with Gasteiger partial charge in [-0.1, -0.05) is 6.92 Å². The molecule has 1 aromatic rings. The number of aromatic amines is 1. The zero-order valence-corrected chi connectivity index (χ0v) is 15.3. The molecule has 0 aliphatic heterocycles. The molecule has 0 aromatic carbocycles. The summed E-state index contributed by atoms with van der Waals surface area (Å²) in [7, 11) is 1.27. The first-order valence-corrected chi connectivity index (χ1v) is 8.40. The van der Waals surface area contributed by atoms with Crippen molar-refractivity contribution in [3.8, 4) is 0 Å². The van der Waals surface area contributed by atoms with E-state index in [2.05, 4.69) is 4.98 Å². The summed E-state index contributed by atoms with van der Waals surface area (Å²) in [6, 6.07) is 0. The summed E-state index contributed by atoms with van der Waals surface area (Å²) in [4.78, 5) is 39.9. The van der Waals surface area contributed by atoms with E-state index in [1.165, 1.54) is 7.11 Å². The highest BCUT2D eigenvalue weighted by Gasteiger charge is 2.41. The molecule has 1 aliphatic carbocycles. The van der Waals surface area contributed by atoms with Gasteiger partial charge in [0.25, 0.3) is 0 Å². The minimum atomic E-state index is -0.838. The molecule has 7 heteroatoms. The number of hydrogen-bond acceptors (Lipinski definition) is 6. The maximum atomic E-state index is 12.7. The molecule has 25 heavy (non-hydrogen) atoms. The summed E-state index contributed by atoms with van der Waals surface area (Å²) in [5.74, 6) is -2.42. The van der Waals surface area contributed by atoms with Gasteiger partial charge in [0.2, 0.25) is 0 Å². The fraction of sp³-hybridized carbons (Fsp3) is 0.611. The minimum Gasteiger partial charge on any atom is -0.468 e. The normalized spacial score (nSPS) is 19.7. The maximum absolute atomic E-state index is 12.7. The molecule has 7 nitrogen and oxygen atoms in total. The zero-order chi connectivity index (χ0) is 18.7. The van der Waals surface area contributed by atoms with Gasteiger partial charge in [0.15, 0.2) is 5.78 Å². The lowest BCUT2D eigenvalue weighted by Crippen LogP contribution is -2.36. The molecule has 0 fully saturated rings. The van der Waals surface area contributed by atoms with Crippen LogP contribution in [-0.2, 0) is 25.4 Å². The number of nitrogens with one attached hydrogen (secondary N) is 1. The lowest BCUT2D eigenvalue weighted by Gasteiger charge is -2.25. The van der Waals surface area contributed by atoms with Gasteiger partial charge in [-0.3, -0.25) is 9.59 Å². The minimum absolute atomic E-state index is 0.0626. The highest BCUT2D eigenvalue weighted by Crippen LogP contribution is 2.34. The van der Waals surface area contributed by atoms with Gasteiger partial charge in [0.1, 0.15) is 18.2 Å². The molecule has 2 rings (SSSR count). The molecule has 1 aromatic heterocycles. The van der Waals surface area contributed by atoms with Crippen molar-refractivity contribution in [2.24, 2.45) is 11.8 Å². The summed E-state index contributed by atoms with van der Waals surface area (Å²) < 4.78 is 15.3. The van der Waals surface area contributed by atoms with Crippen molar-refractivity contribution in [2.75, 3.05) is 20.3 Å². The Morgan fingerprint density at radius 2 is 1.96 bits per heavy atom. The van der Waals surface area contributed by atoms with Gasteiger partial charge in [-0.05, 0) is 38.7 Å². The van der Waals surface area contributed by atoms with Gasteiger partial charge >= 0.3 is 11.9 Å². The van der Waals surface area contributed by atoms with Crippen LogP contribution in [0.25, 0.3) is 0 Å². The van der Waals surface area contributed by atoms with Gasteiger partial charge in [0, 0.05) is 11.3 Å². The third-order valence-electron chi connectivity index (χ3n) is 4.38. The van der Waals surface area contributed by atoms with E-state index in [9.17, 15) is 14.4 Å². The fourth-order valence-corrected chi connectivity index (χ4v) is 3.16. The van der Waals surface area contributed by atoms with Crippen LogP contribution in [0.4, 0.5) is 0 Å². The van der Waals surface area contributed by atoms with Crippen molar-refractivity contribution in [1.29, 1.82) is 0 Å². The molecule has 0 bridgehead atoms. The number of methoxy groups -OCH3 is 1. The summed E-state index contributed by atoms with van der Waals surface area (Å²) >= 11 is 0. The van der Waals surface area contributed by atoms with Crippen molar-refractivity contribution in [3.05, 3.63) is 22.5 Å². The van der Waals surface area contributed by atoms with Crippen LogP contribution in [0.15, 0.2) is 0 Å². The molecule has 1 N–H and O–H groups in total. The molecule has 0 radical (unpaired) electrons. The lowest BCUT2D eigenvalue weighted by atomic mass is 9.77. The average Bonchev–Trinajstić information content (AvgIpc) is 2.87. The maximum Gasteiger partial charge on any atom is 0.355 e. The Kier molecular flexibility index (Phi) is 6.00. The first-order valence-electron chi connectivity index (χ1n) is 8.40. The Labute approximate surface area is 147 Å². The van der Waals surface area contributed by atoms with Crippen LogP contribution in [0.3, 0.4) is 0 Å². The molecular formula is C18H25NO6. The monoisotopic (exact) mass is 351 g/mol. The van der Waals surface area contributed by atoms with E-state index < -0.39 is 17.9 Å². The third kappa shape index (κ3) is 3.92. The highest BCUT2D eigenvalue weighted by molar-refractivity contribution is 6.12. The molecule has 1 aliphatic rings. The van der Waals surface area contributed by atoms with Crippen molar-refractivity contribution in [1.82, 2.24) is 4.98 Å². The number of Topliss-reactive ketones (excluding diaryl/α,β-unsaturated/α-hetero) is 1. The van der Waals surface area contributed by atoms with Gasteiger partial charge in [-0.25, -0.2) is 4.79 Å². The molecular weight excluding hydrogens is 326 g/mol. The van der Waals surface area contributed by atoms with E-state index in [4.69, 9.17) is 14.2 Å². The third-order valence-corrected chi connectivity index (χ3v) is 4.38. The number of H-pyrrole nitrogens is 1. The Morgan fingerprint density at radius 1 is 1.28 bits per heavy atom. The summed E-state index contributed by atoms with van der Waals surface area (Å²) in [5, 5.41) is 0. The average molecular weight is 351 g/mol. The number of ether oxygens (including phenoxy) is 3. The molecule has 0 unspecified atom stereocenters. The number of carbonyl (C=O) groups excluding carboxylic acids is 3. The molecule has 2 atom stereocenters. The predicted octanol–water partition coefficient (Wildman–Crippen LogP) is 2.07. The number of fused-ring (bicyclic) bond motifs is 1. The topological polar surface area (TPSA) is 94.7 Å². The molecule has 1 heterocycles. The number of esters is 2. The quantitative estimate of drug-likeness (QED) is 0.479. The van der Waals surface area contributed by atoms with Gasteiger partial charge in [0.05, 0.1) is 19.8 Å². The fourth-order valence-electron chi connectivity index (χ4n) is 3.16. The number of aromatic nitrogens is 1. The zero-order valence-electron chi connectivity index (χ0n) is 15.3. The standard InChI is InChI=1S/C18H25NO6/c1-9(2)24-6-7-25-18(22)15-11(4)14-12(19-15)8-10(3)13(16(14)20)17(21)23-5/h9-10,13,19H,6-8H2,1-5H3/t10-,13+/m0/s1. The van der Waals surface area contributed by atoms with Crippen LogP contribution in [0, 0.1) is 18.8 Å². The second-order valence-corrected chi connectivity index (χ2v) is 6.58. The van der Waals surface area contributed by atoms with Crippen molar-refractivity contribution < 1.29 is 28.6 Å². The SMILES string of the molecule is COC(=O)[C@H]1C(=O)c2c([nH]c(C(=O)OCCOC(C)C)c2C)C[C@@H]1C. The molecule has 0 amide bonds. The molecule has 0 saturated carbocycles. The van der Waals surface area contributed by atoms with E-state index in [-0.39, 0.29) is 30.1 Å².